The molecule has 0 aromatic rings. The third kappa shape index (κ3) is 5.74. The van der Waals surface area contributed by atoms with E-state index in [0.717, 1.165) is 19.4 Å². The maximum absolute atomic E-state index is 11.6. The van der Waals surface area contributed by atoms with Crippen LogP contribution in [-0.2, 0) is 4.79 Å². The molecule has 1 amide bonds. The predicted octanol–water partition coefficient (Wildman–Crippen LogP) is 1.12. The van der Waals surface area contributed by atoms with Gasteiger partial charge in [-0.1, -0.05) is 34.1 Å². The number of amides is 1. The van der Waals surface area contributed by atoms with Crippen LogP contribution in [0.1, 0.15) is 40.5 Å². The third-order valence-corrected chi connectivity index (χ3v) is 2.26. The Kier molecular flexibility index (Phi) is 5.83. The molecule has 0 spiro atoms. The second kappa shape index (κ2) is 6.08. The van der Waals surface area contributed by atoms with E-state index in [-0.39, 0.29) is 17.4 Å². The van der Waals surface area contributed by atoms with E-state index in [1.54, 1.807) is 0 Å². The summed E-state index contributed by atoms with van der Waals surface area (Å²) in [6, 6.07) is -0.112. The molecule has 0 aromatic heterocycles. The largest absolute Gasteiger partial charge is 0.295 e. The van der Waals surface area contributed by atoms with Crippen molar-refractivity contribution in [2.24, 2.45) is 11.3 Å². The van der Waals surface area contributed by atoms with Crippen molar-refractivity contribution in [2.45, 2.75) is 46.6 Å². The lowest BCUT2D eigenvalue weighted by Crippen LogP contribution is -2.49. The van der Waals surface area contributed by atoms with E-state index in [9.17, 15) is 4.79 Å². The fourth-order valence-corrected chi connectivity index (χ4v) is 1.78. The quantitative estimate of drug-likeness (QED) is 0.410. The number of hydrogen-bond donors (Lipinski definition) is 2. The number of hydrazine groups is 1. The molecule has 1 atom stereocenters. The Hall–Kier alpha value is -0.610. The monoisotopic (exact) mass is 215 g/mol. The molecule has 0 radical (unpaired) electrons. The summed E-state index contributed by atoms with van der Waals surface area (Å²) in [5.74, 6) is 5.08. The summed E-state index contributed by atoms with van der Waals surface area (Å²) in [7, 11) is 1.97. The van der Waals surface area contributed by atoms with Crippen LogP contribution in [0.3, 0.4) is 0 Å². The van der Waals surface area contributed by atoms with Crippen LogP contribution in [0.15, 0.2) is 0 Å². The lowest BCUT2D eigenvalue weighted by molar-refractivity contribution is -0.126. The highest BCUT2D eigenvalue weighted by molar-refractivity contribution is 5.81. The summed E-state index contributed by atoms with van der Waals surface area (Å²) in [6.07, 6.45) is 1.82. The molecule has 15 heavy (non-hydrogen) atoms. The molecule has 0 bridgehead atoms. The molecule has 0 saturated carbocycles. The van der Waals surface area contributed by atoms with Gasteiger partial charge in [0, 0.05) is 6.54 Å². The van der Waals surface area contributed by atoms with Gasteiger partial charge in [0.25, 0.3) is 5.91 Å². The molecule has 3 N–H and O–H groups in total. The van der Waals surface area contributed by atoms with Crippen molar-refractivity contribution >= 4 is 5.91 Å². The highest BCUT2D eigenvalue weighted by atomic mass is 16.2. The Morgan fingerprint density at radius 3 is 2.33 bits per heavy atom. The van der Waals surface area contributed by atoms with Crippen molar-refractivity contribution in [2.75, 3.05) is 13.6 Å². The van der Waals surface area contributed by atoms with Gasteiger partial charge in [-0.05, 0) is 18.9 Å². The van der Waals surface area contributed by atoms with Crippen LogP contribution < -0.4 is 11.3 Å². The van der Waals surface area contributed by atoms with Crippen molar-refractivity contribution in [3.8, 4) is 0 Å². The molecule has 0 saturated heterocycles. The molecule has 90 valence electrons. The van der Waals surface area contributed by atoms with Crippen molar-refractivity contribution in [1.29, 1.82) is 0 Å². The van der Waals surface area contributed by atoms with Gasteiger partial charge in [0.1, 0.15) is 0 Å². The minimum Gasteiger partial charge on any atom is -0.295 e. The third-order valence-electron chi connectivity index (χ3n) is 2.26. The first-order valence-corrected chi connectivity index (χ1v) is 5.52. The Labute approximate surface area is 93.2 Å². The van der Waals surface area contributed by atoms with Gasteiger partial charge in [-0.25, -0.2) is 5.84 Å². The number of nitrogens with one attached hydrogen (secondary N) is 1. The number of nitrogens with zero attached hydrogens (tertiary/aromatic N) is 1. The average Bonchev–Trinajstić information content (AvgIpc) is 2.10. The van der Waals surface area contributed by atoms with Gasteiger partial charge < -0.3 is 0 Å². The topological polar surface area (TPSA) is 58.4 Å². The maximum atomic E-state index is 11.6. The van der Waals surface area contributed by atoms with E-state index in [0.29, 0.717) is 0 Å². The van der Waals surface area contributed by atoms with Gasteiger partial charge >= 0.3 is 0 Å². The van der Waals surface area contributed by atoms with E-state index in [2.05, 4.69) is 38.0 Å². The second-order valence-electron chi connectivity index (χ2n) is 5.29. The fraction of sp³-hybridized carbons (Fsp3) is 0.909. The summed E-state index contributed by atoms with van der Waals surface area (Å²) in [5, 5.41) is 0. The first-order valence-electron chi connectivity index (χ1n) is 5.52. The van der Waals surface area contributed by atoms with Crippen LogP contribution in [0.5, 0.6) is 0 Å². The highest BCUT2D eigenvalue weighted by Gasteiger charge is 2.24. The number of carbonyl (C=O) groups excluding carboxylic acids is 1. The van der Waals surface area contributed by atoms with Crippen molar-refractivity contribution in [3.63, 3.8) is 0 Å². The Morgan fingerprint density at radius 2 is 2.00 bits per heavy atom. The molecule has 0 fully saturated rings. The van der Waals surface area contributed by atoms with E-state index >= 15 is 0 Å². The zero-order valence-corrected chi connectivity index (χ0v) is 10.6. The molecule has 0 aliphatic heterocycles. The number of nitrogens with two attached hydrogens (primary N) is 1. The second-order valence-corrected chi connectivity index (χ2v) is 5.29. The van der Waals surface area contributed by atoms with Gasteiger partial charge in [-0.3, -0.25) is 15.1 Å². The minimum atomic E-state index is -0.112. The van der Waals surface area contributed by atoms with Gasteiger partial charge in [-0.15, -0.1) is 0 Å². The Balaban J connectivity index is 4.41. The molecule has 4 nitrogen and oxygen atoms in total. The number of rotatable bonds is 5. The standard InChI is InChI=1S/C11H25N3O/c1-6-7-9(10(15)13-12)14(5)8-11(2,3)4/h9H,6-8,12H2,1-5H3,(H,13,15). The molecular formula is C11H25N3O. The maximum Gasteiger partial charge on any atom is 0.251 e. The molecule has 0 aromatic carbocycles. The van der Waals surface area contributed by atoms with Crippen molar-refractivity contribution in [3.05, 3.63) is 0 Å². The lowest BCUT2D eigenvalue weighted by Gasteiger charge is -2.32. The zero-order valence-electron chi connectivity index (χ0n) is 10.6. The van der Waals surface area contributed by atoms with Gasteiger partial charge in [-0.2, -0.15) is 0 Å². The SMILES string of the molecule is CCCC(C(=O)NN)N(C)CC(C)(C)C. The summed E-state index contributed by atoms with van der Waals surface area (Å²) >= 11 is 0. The van der Waals surface area contributed by atoms with Gasteiger partial charge in [0.15, 0.2) is 0 Å². The van der Waals surface area contributed by atoms with Crippen LogP contribution >= 0.6 is 0 Å². The molecule has 0 aliphatic rings. The number of hydrogen-bond acceptors (Lipinski definition) is 3. The van der Waals surface area contributed by atoms with Crippen LogP contribution in [0.2, 0.25) is 0 Å². The predicted molar refractivity (Wildman–Crippen MR) is 63.1 cm³/mol. The first-order chi connectivity index (χ1) is 6.81. The highest BCUT2D eigenvalue weighted by Crippen LogP contribution is 2.17. The molecule has 0 heterocycles. The van der Waals surface area contributed by atoms with E-state index in [4.69, 9.17) is 5.84 Å². The normalized spacial score (nSPS) is 14.1. The van der Waals surface area contributed by atoms with E-state index in [1.807, 2.05) is 7.05 Å². The molecule has 4 heteroatoms. The van der Waals surface area contributed by atoms with Crippen LogP contribution in [0, 0.1) is 5.41 Å². The summed E-state index contributed by atoms with van der Waals surface area (Å²) in [4.78, 5) is 13.6. The Bertz CT molecular complexity index is 198. The molecule has 0 rings (SSSR count). The molecular weight excluding hydrogens is 190 g/mol. The van der Waals surface area contributed by atoms with Crippen LogP contribution in [-0.4, -0.2) is 30.4 Å². The average molecular weight is 215 g/mol. The number of likely N-dealkylation sites (N-methyl/N-ethyl adjacent to an activating group) is 1. The van der Waals surface area contributed by atoms with Crippen molar-refractivity contribution in [1.82, 2.24) is 10.3 Å². The number of carbonyl (C=O) groups is 1. The Morgan fingerprint density at radius 1 is 1.47 bits per heavy atom. The van der Waals surface area contributed by atoms with Crippen LogP contribution in [0.4, 0.5) is 0 Å². The molecule has 0 aliphatic carbocycles. The summed E-state index contributed by atoms with van der Waals surface area (Å²) < 4.78 is 0. The molecule has 1 unspecified atom stereocenters. The minimum absolute atomic E-state index is 0.0939. The zero-order chi connectivity index (χ0) is 12.1. The van der Waals surface area contributed by atoms with Crippen LogP contribution in [0.25, 0.3) is 0 Å². The summed E-state index contributed by atoms with van der Waals surface area (Å²) in [6.45, 7) is 9.43. The smallest absolute Gasteiger partial charge is 0.251 e. The summed E-state index contributed by atoms with van der Waals surface area (Å²) in [5.41, 5.74) is 2.43. The lowest BCUT2D eigenvalue weighted by atomic mass is 9.95. The van der Waals surface area contributed by atoms with Crippen molar-refractivity contribution < 1.29 is 4.79 Å². The first kappa shape index (κ1) is 14.4. The van der Waals surface area contributed by atoms with Gasteiger partial charge in [0.05, 0.1) is 6.04 Å². The fourth-order valence-electron chi connectivity index (χ4n) is 1.78. The van der Waals surface area contributed by atoms with Gasteiger partial charge in [0.2, 0.25) is 0 Å². The van der Waals surface area contributed by atoms with E-state index in [1.165, 1.54) is 0 Å². The van der Waals surface area contributed by atoms with E-state index < -0.39 is 0 Å².